The van der Waals surface area contributed by atoms with E-state index in [0.29, 0.717) is 12.4 Å². The van der Waals surface area contributed by atoms with Crippen molar-refractivity contribution in [2.75, 3.05) is 13.6 Å². The molecule has 92 valence electrons. The van der Waals surface area contributed by atoms with Gasteiger partial charge in [-0.1, -0.05) is 0 Å². The number of aryl methyl sites for hydroxylation is 1. The fourth-order valence-electron chi connectivity index (χ4n) is 1.17. The smallest absolute Gasteiger partial charge is 0.215 e. The molecular formula is C8H17N5O2S. The summed E-state index contributed by atoms with van der Waals surface area (Å²) in [6, 6.07) is 0. The van der Waals surface area contributed by atoms with Gasteiger partial charge in [0.15, 0.2) is 0 Å². The van der Waals surface area contributed by atoms with E-state index >= 15 is 0 Å². The van der Waals surface area contributed by atoms with E-state index in [-0.39, 0.29) is 6.54 Å². The van der Waals surface area contributed by atoms with E-state index in [0.717, 1.165) is 0 Å². The van der Waals surface area contributed by atoms with E-state index in [1.165, 1.54) is 6.33 Å². The van der Waals surface area contributed by atoms with Crippen molar-refractivity contribution in [2.45, 2.75) is 18.7 Å². The maximum absolute atomic E-state index is 11.7. The van der Waals surface area contributed by atoms with Crippen LogP contribution in [-0.2, 0) is 23.6 Å². The Morgan fingerprint density at radius 1 is 1.56 bits per heavy atom. The third-order valence-electron chi connectivity index (χ3n) is 2.26. The quantitative estimate of drug-likeness (QED) is 0.662. The third-order valence-corrected chi connectivity index (χ3v) is 4.03. The predicted octanol–water partition coefficient (Wildman–Crippen LogP) is -1.16. The number of nitrogens with zero attached hydrogens (tertiary/aromatic N) is 3. The fourth-order valence-corrected chi connectivity index (χ4v) is 2.17. The first-order valence-corrected chi connectivity index (χ1v) is 6.48. The van der Waals surface area contributed by atoms with Gasteiger partial charge in [0.05, 0.1) is 11.8 Å². The minimum atomic E-state index is -3.31. The fraction of sp³-hybridized carbons (Fsp3) is 0.750. The van der Waals surface area contributed by atoms with Crippen LogP contribution in [0.15, 0.2) is 6.33 Å². The van der Waals surface area contributed by atoms with Crippen molar-refractivity contribution in [3.8, 4) is 0 Å². The lowest BCUT2D eigenvalue weighted by molar-refractivity contribution is 0.560. The maximum atomic E-state index is 11.7. The molecule has 0 aliphatic rings. The third kappa shape index (κ3) is 3.26. The topological polar surface area (TPSA) is 88.9 Å². The van der Waals surface area contributed by atoms with Gasteiger partial charge in [-0.3, -0.25) is 0 Å². The molecule has 16 heavy (non-hydrogen) atoms. The second kappa shape index (κ2) is 5.37. The van der Waals surface area contributed by atoms with Crippen LogP contribution in [0.25, 0.3) is 0 Å². The molecular weight excluding hydrogens is 230 g/mol. The zero-order valence-corrected chi connectivity index (χ0v) is 10.5. The summed E-state index contributed by atoms with van der Waals surface area (Å²) in [6.45, 7) is 2.22. The van der Waals surface area contributed by atoms with Gasteiger partial charge in [-0.2, -0.15) is 0 Å². The second-order valence-corrected chi connectivity index (χ2v) is 5.78. The van der Waals surface area contributed by atoms with Crippen LogP contribution in [-0.4, -0.2) is 42.0 Å². The van der Waals surface area contributed by atoms with Crippen LogP contribution in [0.1, 0.15) is 12.7 Å². The van der Waals surface area contributed by atoms with Gasteiger partial charge in [-0.15, -0.1) is 10.2 Å². The Hall–Kier alpha value is -0.990. The monoisotopic (exact) mass is 247 g/mol. The highest BCUT2D eigenvalue weighted by Gasteiger charge is 2.19. The summed E-state index contributed by atoms with van der Waals surface area (Å²) in [4.78, 5) is 0. The van der Waals surface area contributed by atoms with Crippen LogP contribution in [0.5, 0.6) is 0 Å². The van der Waals surface area contributed by atoms with E-state index in [2.05, 4.69) is 20.2 Å². The molecule has 1 aromatic heterocycles. The van der Waals surface area contributed by atoms with Crippen LogP contribution < -0.4 is 10.0 Å². The SMILES string of the molecule is CNCC(C)S(=O)(=O)NCc1nncn1C. The van der Waals surface area contributed by atoms with Gasteiger partial charge >= 0.3 is 0 Å². The summed E-state index contributed by atoms with van der Waals surface area (Å²) in [7, 11) is 0.173. The van der Waals surface area contributed by atoms with Crippen LogP contribution in [0.2, 0.25) is 0 Å². The van der Waals surface area contributed by atoms with Crippen molar-refractivity contribution in [1.29, 1.82) is 0 Å². The Bertz CT molecular complexity index is 427. The number of sulfonamides is 1. The summed E-state index contributed by atoms with van der Waals surface area (Å²) in [5.41, 5.74) is 0. The maximum Gasteiger partial charge on any atom is 0.215 e. The summed E-state index contributed by atoms with van der Waals surface area (Å²) < 4.78 is 27.6. The number of hydrogen-bond acceptors (Lipinski definition) is 5. The molecule has 0 fully saturated rings. The molecule has 0 radical (unpaired) electrons. The van der Waals surface area contributed by atoms with Gasteiger partial charge in [-0.25, -0.2) is 13.1 Å². The molecule has 0 spiro atoms. The Morgan fingerprint density at radius 3 is 2.75 bits per heavy atom. The second-order valence-electron chi connectivity index (χ2n) is 3.59. The summed E-state index contributed by atoms with van der Waals surface area (Å²) in [5.74, 6) is 0.584. The minimum absolute atomic E-state index is 0.160. The Labute approximate surface area is 95.3 Å². The van der Waals surface area contributed by atoms with Gasteiger partial charge in [0.25, 0.3) is 0 Å². The highest BCUT2D eigenvalue weighted by Crippen LogP contribution is 1.99. The van der Waals surface area contributed by atoms with Crippen molar-refractivity contribution in [3.05, 3.63) is 12.2 Å². The molecule has 1 aromatic rings. The standard InChI is InChI=1S/C8H17N5O2S/c1-7(4-9-2)16(14,15)11-5-8-12-10-6-13(8)3/h6-7,9,11H,4-5H2,1-3H3. The predicted molar refractivity (Wildman–Crippen MR) is 60.2 cm³/mol. The van der Waals surface area contributed by atoms with Crippen molar-refractivity contribution < 1.29 is 8.42 Å². The number of aromatic nitrogens is 3. The normalized spacial score (nSPS) is 13.9. The van der Waals surface area contributed by atoms with E-state index in [4.69, 9.17) is 0 Å². The van der Waals surface area contributed by atoms with Crippen LogP contribution >= 0.6 is 0 Å². The van der Waals surface area contributed by atoms with Crippen LogP contribution in [0.4, 0.5) is 0 Å². The molecule has 0 bridgehead atoms. The van der Waals surface area contributed by atoms with Gasteiger partial charge in [0, 0.05) is 13.6 Å². The molecule has 0 aliphatic heterocycles. The first-order chi connectivity index (χ1) is 7.47. The molecule has 8 heteroatoms. The number of hydrogen-bond donors (Lipinski definition) is 2. The summed E-state index contributed by atoms with van der Waals surface area (Å²) in [6.07, 6.45) is 1.53. The molecule has 1 rings (SSSR count). The summed E-state index contributed by atoms with van der Waals surface area (Å²) in [5, 5.41) is 9.81. The van der Waals surface area contributed by atoms with Crippen molar-refractivity contribution in [1.82, 2.24) is 24.8 Å². The largest absolute Gasteiger partial charge is 0.320 e. The van der Waals surface area contributed by atoms with Crippen molar-refractivity contribution in [3.63, 3.8) is 0 Å². The Morgan fingerprint density at radius 2 is 2.25 bits per heavy atom. The Kier molecular flexibility index (Phi) is 4.39. The van der Waals surface area contributed by atoms with Crippen LogP contribution in [0.3, 0.4) is 0 Å². The molecule has 2 N–H and O–H groups in total. The molecule has 0 saturated heterocycles. The van der Waals surface area contributed by atoms with Gasteiger partial charge in [0.2, 0.25) is 10.0 Å². The molecule has 0 aliphatic carbocycles. The molecule has 0 aromatic carbocycles. The Balaban J connectivity index is 2.58. The van der Waals surface area contributed by atoms with E-state index in [9.17, 15) is 8.42 Å². The lowest BCUT2D eigenvalue weighted by Crippen LogP contribution is -2.38. The molecule has 7 nitrogen and oxygen atoms in total. The molecule has 1 unspecified atom stereocenters. The molecule has 1 atom stereocenters. The molecule has 1 heterocycles. The zero-order chi connectivity index (χ0) is 12.2. The number of rotatable bonds is 6. The lowest BCUT2D eigenvalue weighted by Gasteiger charge is -2.12. The summed E-state index contributed by atoms with van der Waals surface area (Å²) >= 11 is 0. The lowest BCUT2D eigenvalue weighted by atomic mass is 10.5. The van der Waals surface area contributed by atoms with E-state index < -0.39 is 15.3 Å². The van der Waals surface area contributed by atoms with Crippen molar-refractivity contribution in [2.24, 2.45) is 7.05 Å². The zero-order valence-electron chi connectivity index (χ0n) is 9.64. The van der Waals surface area contributed by atoms with Gasteiger partial charge in [-0.05, 0) is 14.0 Å². The first-order valence-electron chi connectivity index (χ1n) is 4.93. The van der Waals surface area contributed by atoms with Gasteiger partial charge in [0.1, 0.15) is 12.2 Å². The molecule has 0 saturated carbocycles. The average molecular weight is 247 g/mol. The molecule has 0 amide bonds. The minimum Gasteiger partial charge on any atom is -0.320 e. The highest BCUT2D eigenvalue weighted by atomic mass is 32.2. The van der Waals surface area contributed by atoms with E-state index in [1.54, 1.807) is 25.6 Å². The van der Waals surface area contributed by atoms with Crippen molar-refractivity contribution >= 4 is 10.0 Å². The van der Waals surface area contributed by atoms with Gasteiger partial charge < -0.3 is 9.88 Å². The van der Waals surface area contributed by atoms with Crippen LogP contribution in [0, 0.1) is 0 Å². The first kappa shape index (κ1) is 13.1. The highest BCUT2D eigenvalue weighted by molar-refractivity contribution is 7.90. The van der Waals surface area contributed by atoms with E-state index in [1.807, 2.05) is 0 Å². The average Bonchev–Trinajstić information content (AvgIpc) is 2.61. The number of nitrogens with one attached hydrogen (secondary N) is 2.